The molecule has 2 aromatic rings. The molecule has 0 radical (unpaired) electrons. The lowest BCUT2D eigenvalue weighted by Gasteiger charge is -1.98. The molecule has 6 heteroatoms. The van der Waals surface area contributed by atoms with Crippen LogP contribution in [0.3, 0.4) is 0 Å². The number of benzene rings is 1. The highest BCUT2D eigenvalue weighted by Crippen LogP contribution is 2.27. The number of hydrogen-bond acceptors (Lipinski definition) is 4. The summed E-state index contributed by atoms with van der Waals surface area (Å²) < 4.78 is 13.0. The number of aryl methyl sites for hydroxylation is 1. The van der Waals surface area contributed by atoms with Crippen LogP contribution in [-0.2, 0) is 5.75 Å². The first-order chi connectivity index (χ1) is 8.56. The number of rotatable bonds is 4. The molecule has 0 amide bonds. The van der Waals surface area contributed by atoms with Crippen LogP contribution >= 0.6 is 23.1 Å². The van der Waals surface area contributed by atoms with Crippen LogP contribution in [0.4, 0.5) is 4.39 Å². The van der Waals surface area contributed by atoms with Gasteiger partial charge in [0.25, 0.3) is 0 Å². The fourth-order valence-corrected chi connectivity index (χ4v) is 3.25. The average molecular weight is 283 g/mol. The van der Waals surface area contributed by atoms with Gasteiger partial charge in [-0.3, -0.25) is 0 Å². The van der Waals surface area contributed by atoms with Gasteiger partial charge in [0.1, 0.15) is 15.7 Å². The monoisotopic (exact) mass is 283 g/mol. The van der Waals surface area contributed by atoms with E-state index in [4.69, 9.17) is 5.11 Å². The molecule has 2 rings (SSSR count). The van der Waals surface area contributed by atoms with Crippen LogP contribution in [0.15, 0.2) is 29.2 Å². The van der Waals surface area contributed by atoms with E-state index in [1.54, 1.807) is 13.0 Å². The summed E-state index contributed by atoms with van der Waals surface area (Å²) in [7, 11) is 0. The van der Waals surface area contributed by atoms with Crippen LogP contribution < -0.4 is 0 Å². The van der Waals surface area contributed by atoms with E-state index in [-0.39, 0.29) is 10.7 Å². The van der Waals surface area contributed by atoms with E-state index in [0.717, 1.165) is 9.90 Å². The lowest BCUT2D eigenvalue weighted by molar-refractivity contribution is 0.0701. The number of hydrogen-bond donors (Lipinski definition) is 1. The molecule has 1 N–H and O–H groups in total. The molecule has 3 nitrogen and oxygen atoms in total. The highest BCUT2D eigenvalue weighted by Gasteiger charge is 2.13. The van der Waals surface area contributed by atoms with Gasteiger partial charge in [0, 0.05) is 4.90 Å². The summed E-state index contributed by atoms with van der Waals surface area (Å²) in [6.45, 7) is 1.68. The molecule has 0 bridgehead atoms. The zero-order valence-corrected chi connectivity index (χ0v) is 11.1. The molecule has 0 atom stereocenters. The lowest BCUT2D eigenvalue weighted by atomic mass is 10.4. The smallest absolute Gasteiger partial charge is 0.347 e. The molecule has 1 aromatic heterocycles. The van der Waals surface area contributed by atoms with Crippen molar-refractivity contribution in [3.63, 3.8) is 0 Å². The Labute approximate surface area is 112 Å². The van der Waals surface area contributed by atoms with Crippen molar-refractivity contribution in [3.05, 3.63) is 45.7 Å². The summed E-state index contributed by atoms with van der Waals surface area (Å²) in [5.74, 6) is -0.684. The van der Waals surface area contributed by atoms with Crippen molar-refractivity contribution in [1.29, 1.82) is 0 Å². The number of aromatic nitrogens is 1. The zero-order chi connectivity index (χ0) is 13.1. The first-order valence-corrected chi connectivity index (χ1v) is 6.94. The second kappa shape index (κ2) is 5.49. The summed E-state index contributed by atoms with van der Waals surface area (Å²) in [5, 5.41) is 9.65. The van der Waals surface area contributed by atoms with E-state index in [1.165, 1.54) is 35.2 Å². The van der Waals surface area contributed by atoms with Gasteiger partial charge in [-0.05, 0) is 25.1 Å². The van der Waals surface area contributed by atoms with E-state index in [1.807, 2.05) is 6.07 Å². The molecule has 0 spiro atoms. The van der Waals surface area contributed by atoms with E-state index >= 15 is 0 Å². The lowest BCUT2D eigenvalue weighted by Crippen LogP contribution is -1.94. The van der Waals surface area contributed by atoms with Crippen molar-refractivity contribution >= 4 is 29.1 Å². The zero-order valence-electron chi connectivity index (χ0n) is 9.51. The minimum Gasteiger partial charge on any atom is -0.477 e. The number of nitrogens with zero attached hydrogens (tertiary/aromatic N) is 1. The Kier molecular flexibility index (Phi) is 3.98. The van der Waals surface area contributed by atoms with Gasteiger partial charge in [-0.15, -0.1) is 23.1 Å². The van der Waals surface area contributed by atoms with Crippen LogP contribution in [0, 0.1) is 12.7 Å². The molecule has 94 valence electrons. The number of aromatic carboxylic acids is 1. The van der Waals surface area contributed by atoms with Crippen molar-refractivity contribution in [3.8, 4) is 0 Å². The molecule has 0 aliphatic heterocycles. The Hall–Kier alpha value is -1.40. The topological polar surface area (TPSA) is 50.2 Å². The Morgan fingerprint density at radius 2 is 2.33 bits per heavy atom. The molecule has 0 fully saturated rings. The Morgan fingerprint density at radius 1 is 1.56 bits per heavy atom. The summed E-state index contributed by atoms with van der Waals surface area (Å²) in [4.78, 5) is 16.1. The third-order valence-electron chi connectivity index (χ3n) is 2.19. The maximum Gasteiger partial charge on any atom is 0.347 e. The van der Waals surface area contributed by atoms with Gasteiger partial charge in [-0.25, -0.2) is 14.2 Å². The fourth-order valence-electron chi connectivity index (χ4n) is 1.41. The van der Waals surface area contributed by atoms with Gasteiger partial charge in [0.2, 0.25) is 0 Å². The minimum absolute atomic E-state index is 0.268. The van der Waals surface area contributed by atoms with Crippen LogP contribution in [0.2, 0.25) is 0 Å². The highest BCUT2D eigenvalue weighted by atomic mass is 32.2. The van der Waals surface area contributed by atoms with Crippen molar-refractivity contribution < 1.29 is 14.3 Å². The maximum atomic E-state index is 13.0. The van der Waals surface area contributed by atoms with Gasteiger partial charge in [-0.2, -0.15) is 0 Å². The van der Waals surface area contributed by atoms with Crippen molar-refractivity contribution in [2.24, 2.45) is 0 Å². The largest absolute Gasteiger partial charge is 0.477 e. The second-order valence-corrected chi connectivity index (χ2v) is 5.71. The van der Waals surface area contributed by atoms with Gasteiger partial charge in [0.15, 0.2) is 0 Å². The predicted octanol–water partition coefficient (Wildman–Crippen LogP) is 3.58. The molecule has 0 saturated heterocycles. The second-order valence-electron chi connectivity index (χ2n) is 3.57. The van der Waals surface area contributed by atoms with Gasteiger partial charge < -0.3 is 5.11 Å². The van der Waals surface area contributed by atoms with Gasteiger partial charge >= 0.3 is 5.97 Å². The third-order valence-corrected chi connectivity index (χ3v) is 4.53. The summed E-state index contributed by atoms with van der Waals surface area (Å²) >= 11 is 2.60. The molecule has 0 aliphatic rings. The van der Waals surface area contributed by atoms with Gasteiger partial charge in [-0.1, -0.05) is 6.07 Å². The van der Waals surface area contributed by atoms with E-state index in [0.29, 0.717) is 11.4 Å². The summed E-state index contributed by atoms with van der Waals surface area (Å²) in [6, 6.07) is 6.29. The molecule has 0 unspecified atom stereocenters. The minimum atomic E-state index is -0.952. The Bertz CT molecular complexity index is 583. The van der Waals surface area contributed by atoms with E-state index in [9.17, 15) is 9.18 Å². The summed E-state index contributed by atoms with van der Waals surface area (Å²) in [6.07, 6.45) is 0. The number of carboxylic acid groups (broad SMARTS) is 1. The first kappa shape index (κ1) is 13.0. The van der Waals surface area contributed by atoms with E-state index < -0.39 is 5.97 Å². The molecule has 18 heavy (non-hydrogen) atoms. The standard InChI is InChI=1S/C12H10FNO2S2/c1-7-11(12(15)16)18-10(14-7)6-17-9-4-2-3-8(13)5-9/h2-5H,6H2,1H3,(H,15,16). The van der Waals surface area contributed by atoms with Crippen LogP contribution in [0.1, 0.15) is 20.4 Å². The Morgan fingerprint density at radius 3 is 2.94 bits per heavy atom. The number of carboxylic acids is 1. The molecule has 0 aliphatic carbocycles. The van der Waals surface area contributed by atoms with Gasteiger partial charge in [0.05, 0.1) is 11.4 Å². The van der Waals surface area contributed by atoms with Crippen LogP contribution in [-0.4, -0.2) is 16.1 Å². The number of thiazole rings is 1. The molecule has 1 aromatic carbocycles. The number of carbonyl (C=O) groups is 1. The number of halogens is 1. The molecule has 1 heterocycles. The van der Waals surface area contributed by atoms with Crippen molar-refractivity contribution in [2.45, 2.75) is 17.6 Å². The van der Waals surface area contributed by atoms with E-state index in [2.05, 4.69) is 4.98 Å². The van der Waals surface area contributed by atoms with Crippen molar-refractivity contribution in [2.75, 3.05) is 0 Å². The average Bonchev–Trinajstić information content (AvgIpc) is 2.68. The normalized spacial score (nSPS) is 10.6. The fraction of sp³-hybridized carbons (Fsp3) is 0.167. The molecular formula is C12H10FNO2S2. The van der Waals surface area contributed by atoms with Crippen LogP contribution in [0.25, 0.3) is 0 Å². The van der Waals surface area contributed by atoms with Crippen LogP contribution in [0.5, 0.6) is 0 Å². The quantitative estimate of drug-likeness (QED) is 0.871. The summed E-state index contributed by atoms with van der Waals surface area (Å²) in [5.41, 5.74) is 0.530. The molecule has 0 saturated carbocycles. The predicted molar refractivity (Wildman–Crippen MR) is 69.8 cm³/mol. The maximum absolute atomic E-state index is 13.0. The third kappa shape index (κ3) is 3.08. The van der Waals surface area contributed by atoms with Crippen molar-refractivity contribution in [1.82, 2.24) is 4.98 Å². The SMILES string of the molecule is Cc1nc(CSc2cccc(F)c2)sc1C(=O)O. The Balaban J connectivity index is 2.06. The first-order valence-electron chi connectivity index (χ1n) is 5.14. The molecular weight excluding hydrogens is 273 g/mol. The highest BCUT2D eigenvalue weighted by molar-refractivity contribution is 7.98. The number of thioether (sulfide) groups is 1.